The van der Waals surface area contributed by atoms with Crippen molar-refractivity contribution in [2.45, 2.75) is 34.1 Å². The predicted molar refractivity (Wildman–Crippen MR) is 101 cm³/mol. The third-order valence-electron chi connectivity index (χ3n) is 3.17. The van der Waals surface area contributed by atoms with Gasteiger partial charge in [0.2, 0.25) is 5.91 Å². The molecular weight excluding hydrogens is 336 g/mol. The molecule has 0 fully saturated rings. The number of esters is 1. The summed E-state index contributed by atoms with van der Waals surface area (Å²) in [4.78, 5) is 26.8. The molecular formula is C19H28N2O5. The Morgan fingerprint density at radius 1 is 1.23 bits per heavy atom. The van der Waals surface area contributed by atoms with Crippen molar-refractivity contribution in [3.05, 3.63) is 18.2 Å². The molecule has 0 aromatic heterocycles. The van der Waals surface area contributed by atoms with E-state index in [4.69, 9.17) is 14.2 Å². The molecule has 0 atom stereocenters. The van der Waals surface area contributed by atoms with E-state index in [9.17, 15) is 9.59 Å². The molecule has 0 unspecified atom stereocenters. The van der Waals surface area contributed by atoms with Crippen LogP contribution in [0.1, 0.15) is 34.1 Å². The van der Waals surface area contributed by atoms with Gasteiger partial charge in [0.15, 0.2) is 0 Å². The van der Waals surface area contributed by atoms with E-state index in [2.05, 4.69) is 31.1 Å². The van der Waals surface area contributed by atoms with E-state index in [1.807, 2.05) is 0 Å². The first kappa shape index (κ1) is 21.5. The summed E-state index contributed by atoms with van der Waals surface area (Å²) >= 11 is 0. The number of aliphatic imine (C=N–C) groups is 1. The molecule has 0 radical (unpaired) electrons. The number of nitrogens with zero attached hydrogens (tertiary/aromatic N) is 1. The molecule has 0 aliphatic rings. The molecule has 144 valence electrons. The fourth-order valence-electron chi connectivity index (χ4n) is 1.89. The maximum Gasteiger partial charge on any atom is 0.302 e. The molecule has 1 N–H and O–H groups in total. The summed E-state index contributed by atoms with van der Waals surface area (Å²) in [5.74, 6) is 0.448. The van der Waals surface area contributed by atoms with Gasteiger partial charge in [-0.1, -0.05) is 20.8 Å². The van der Waals surface area contributed by atoms with Crippen LogP contribution in [0.25, 0.3) is 0 Å². The quantitative estimate of drug-likeness (QED) is 0.413. The summed E-state index contributed by atoms with van der Waals surface area (Å²) in [5, 5.41) is 2.77. The minimum Gasteiger partial charge on any atom is -0.494 e. The van der Waals surface area contributed by atoms with Crippen molar-refractivity contribution in [1.29, 1.82) is 0 Å². The summed E-state index contributed by atoms with van der Waals surface area (Å²) in [6, 6.07) is 5.05. The summed E-state index contributed by atoms with van der Waals surface area (Å²) in [6.07, 6.45) is 2.58. The van der Waals surface area contributed by atoms with Gasteiger partial charge in [0.25, 0.3) is 0 Å². The second-order valence-corrected chi connectivity index (χ2v) is 6.89. The Balaban J connectivity index is 2.55. The Bertz CT molecular complexity index is 635. The summed E-state index contributed by atoms with van der Waals surface area (Å²) in [5.41, 5.74) is 0.685. The molecule has 1 rings (SSSR count). The van der Waals surface area contributed by atoms with Crippen LogP contribution in [0.2, 0.25) is 0 Å². The molecule has 0 saturated carbocycles. The number of benzene rings is 1. The van der Waals surface area contributed by atoms with Gasteiger partial charge in [-0.25, -0.2) is 0 Å². The van der Waals surface area contributed by atoms with Gasteiger partial charge in [0, 0.05) is 13.0 Å². The zero-order valence-corrected chi connectivity index (χ0v) is 16.1. The van der Waals surface area contributed by atoms with Crippen LogP contribution in [0.3, 0.4) is 0 Å². The van der Waals surface area contributed by atoms with Crippen LogP contribution in [0.15, 0.2) is 23.2 Å². The highest BCUT2D eigenvalue weighted by molar-refractivity contribution is 5.94. The number of hydrogen-bond donors (Lipinski definition) is 1. The van der Waals surface area contributed by atoms with Crippen molar-refractivity contribution < 1.29 is 23.8 Å². The fraction of sp³-hybridized carbons (Fsp3) is 0.526. The predicted octanol–water partition coefficient (Wildman–Crippen LogP) is 3.08. The van der Waals surface area contributed by atoms with E-state index < -0.39 is 0 Å². The summed E-state index contributed by atoms with van der Waals surface area (Å²) in [7, 11) is 1.51. The van der Waals surface area contributed by atoms with E-state index in [1.165, 1.54) is 14.0 Å². The number of hydrogen-bond acceptors (Lipinski definition) is 6. The third kappa shape index (κ3) is 9.05. The van der Waals surface area contributed by atoms with Crippen molar-refractivity contribution in [2.75, 3.05) is 32.2 Å². The van der Waals surface area contributed by atoms with Crippen molar-refractivity contribution in [2.24, 2.45) is 10.4 Å². The average molecular weight is 364 g/mol. The number of carbonyl (C=O) groups excluding carboxylic acids is 2. The fourth-order valence-corrected chi connectivity index (χ4v) is 1.89. The average Bonchev–Trinajstić information content (AvgIpc) is 2.55. The summed E-state index contributed by atoms with van der Waals surface area (Å²) < 4.78 is 15.6. The molecule has 0 aliphatic carbocycles. The van der Waals surface area contributed by atoms with Gasteiger partial charge in [-0.15, -0.1) is 0 Å². The smallest absolute Gasteiger partial charge is 0.302 e. The summed E-state index contributed by atoms with van der Waals surface area (Å²) in [6.45, 7) is 8.13. The second-order valence-electron chi connectivity index (χ2n) is 6.89. The van der Waals surface area contributed by atoms with Crippen LogP contribution in [0.5, 0.6) is 11.5 Å². The number of anilines is 1. The first-order valence-electron chi connectivity index (χ1n) is 8.43. The van der Waals surface area contributed by atoms with Crippen LogP contribution < -0.4 is 14.8 Å². The largest absolute Gasteiger partial charge is 0.494 e. The first-order chi connectivity index (χ1) is 12.2. The molecule has 0 bridgehead atoms. The molecule has 0 heterocycles. The Kier molecular flexibility index (Phi) is 8.61. The highest BCUT2D eigenvalue weighted by Gasteiger charge is 2.10. The Morgan fingerprint density at radius 3 is 2.58 bits per heavy atom. The number of methoxy groups -OCH3 is 1. The monoisotopic (exact) mass is 364 g/mol. The van der Waals surface area contributed by atoms with E-state index >= 15 is 0 Å². The number of amides is 1. The lowest BCUT2D eigenvalue weighted by molar-refractivity contribution is -0.141. The van der Waals surface area contributed by atoms with Gasteiger partial charge < -0.3 is 19.5 Å². The van der Waals surface area contributed by atoms with E-state index in [0.29, 0.717) is 17.2 Å². The lowest BCUT2D eigenvalue weighted by Crippen LogP contribution is -2.16. The number of ether oxygens (including phenoxy) is 3. The van der Waals surface area contributed by atoms with Gasteiger partial charge in [-0.2, -0.15) is 0 Å². The standard InChI is InChI=1S/C19H28N2O5/c1-14(22)25-10-11-26-15-6-7-16(17(12-15)24-5)21-18(23)13-20-9-8-19(2,3)4/h6-7,9,12H,8,10-11,13H2,1-5H3,(H,21,23)/b20-9+. The third-order valence-corrected chi connectivity index (χ3v) is 3.17. The van der Waals surface area contributed by atoms with Crippen LogP contribution >= 0.6 is 0 Å². The first-order valence-corrected chi connectivity index (χ1v) is 8.43. The topological polar surface area (TPSA) is 86.2 Å². The molecule has 1 amide bonds. The normalized spacial score (nSPS) is 11.3. The molecule has 1 aromatic rings. The van der Waals surface area contributed by atoms with Crippen LogP contribution in [-0.4, -0.2) is 45.0 Å². The second kappa shape index (κ2) is 10.4. The van der Waals surface area contributed by atoms with E-state index in [1.54, 1.807) is 24.4 Å². The molecule has 0 spiro atoms. The van der Waals surface area contributed by atoms with Crippen molar-refractivity contribution >= 4 is 23.8 Å². The number of rotatable bonds is 9. The van der Waals surface area contributed by atoms with Gasteiger partial charge >= 0.3 is 5.97 Å². The number of nitrogens with one attached hydrogen (secondary N) is 1. The Labute approximate surface area is 154 Å². The van der Waals surface area contributed by atoms with Crippen LogP contribution in [-0.2, 0) is 14.3 Å². The molecule has 1 aromatic carbocycles. The zero-order valence-electron chi connectivity index (χ0n) is 16.1. The molecule has 7 heteroatoms. The molecule has 0 saturated heterocycles. The Hall–Kier alpha value is -2.57. The van der Waals surface area contributed by atoms with Gasteiger partial charge in [-0.3, -0.25) is 14.6 Å². The van der Waals surface area contributed by atoms with Gasteiger partial charge in [-0.05, 0) is 30.2 Å². The van der Waals surface area contributed by atoms with Crippen molar-refractivity contribution in [1.82, 2.24) is 0 Å². The SMILES string of the molecule is COc1cc(OCCOC(C)=O)ccc1NC(=O)C/N=C/CC(C)(C)C. The van der Waals surface area contributed by atoms with Crippen molar-refractivity contribution in [3.8, 4) is 11.5 Å². The molecule has 0 aliphatic heterocycles. The van der Waals surface area contributed by atoms with Crippen molar-refractivity contribution in [3.63, 3.8) is 0 Å². The maximum absolute atomic E-state index is 12.0. The van der Waals surface area contributed by atoms with Gasteiger partial charge in [0.05, 0.1) is 12.8 Å². The minimum absolute atomic E-state index is 0.0554. The lowest BCUT2D eigenvalue weighted by Gasteiger charge is -2.14. The highest BCUT2D eigenvalue weighted by atomic mass is 16.6. The van der Waals surface area contributed by atoms with Crippen LogP contribution in [0, 0.1) is 5.41 Å². The zero-order chi connectivity index (χ0) is 19.6. The lowest BCUT2D eigenvalue weighted by atomic mass is 9.93. The van der Waals surface area contributed by atoms with Crippen LogP contribution in [0.4, 0.5) is 5.69 Å². The van der Waals surface area contributed by atoms with E-state index in [0.717, 1.165) is 6.42 Å². The van der Waals surface area contributed by atoms with Gasteiger partial charge in [0.1, 0.15) is 31.3 Å². The number of carbonyl (C=O) groups is 2. The highest BCUT2D eigenvalue weighted by Crippen LogP contribution is 2.29. The molecule has 7 nitrogen and oxygen atoms in total. The maximum atomic E-state index is 12.0. The molecule has 26 heavy (non-hydrogen) atoms. The Morgan fingerprint density at radius 2 is 1.96 bits per heavy atom. The minimum atomic E-state index is -0.352. The van der Waals surface area contributed by atoms with E-state index in [-0.39, 0.29) is 37.0 Å².